The van der Waals surface area contributed by atoms with Crippen LogP contribution in [0.2, 0.25) is 0 Å². The van der Waals surface area contributed by atoms with Crippen LogP contribution in [0.5, 0.6) is 0 Å². The van der Waals surface area contributed by atoms with Crippen LogP contribution in [0.3, 0.4) is 0 Å². The van der Waals surface area contributed by atoms with Crippen LogP contribution in [0.4, 0.5) is 0 Å². The van der Waals surface area contributed by atoms with E-state index in [1.807, 2.05) is 4.90 Å². The van der Waals surface area contributed by atoms with Gasteiger partial charge in [0.15, 0.2) is 0 Å². The van der Waals surface area contributed by atoms with Gasteiger partial charge in [-0.2, -0.15) is 0 Å². The van der Waals surface area contributed by atoms with Crippen molar-refractivity contribution in [3.8, 4) is 0 Å². The molecule has 1 aliphatic carbocycles. The lowest BCUT2D eigenvalue weighted by Gasteiger charge is -2.21. The van der Waals surface area contributed by atoms with Crippen molar-refractivity contribution in [2.45, 2.75) is 51.5 Å². The predicted molar refractivity (Wildman–Crippen MR) is 56.0 cm³/mol. The van der Waals surface area contributed by atoms with Crippen LogP contribution in [-0.4, -0.2) is 35.1 Å². The minimum Gasteiger partial charge on any atom is -0.395 e. The predicted octanol–water partition coefficient (Wildman–Crippen LogP) is 1.55. The summed E-state index contributed by atoms with van der Waals surface area (Å²) in [4.78, 5) is 13.6. The SMILES string of the molecule is CCCCCC(=O)N(CCO)C1CC1. The number of carbonyl (C=O) groups excluding carboxylic acids is 1. The van der Waals surface area contributed by atoms with Crippen molar-refractivity contribution in [3.63, 3.8) is 0 Å². The second kappa shape index (κ2) is 6.02. The van der Waals surface area contributed by atoms with Gasteiger partial charge in [-0.3, -0.25) is 4.79 Å². The largest absolute Gasteiger partial charge is 0.395 e. The van der Waals surface area contributed by atoms with Gasteiger partial charge < -0.3 is 10.0 Å². The highest BCUT2D eigenvalue weighted by Crippen LogP contribution is 2.27. The Morgan fingerprint density at radius 1 is 1.43 bits per heavy atom. The average Bonchev–Trinajstić information content (AvgIpc) is 2.98. The summed E-state index contributed by atoms with van der Waals surface area (Å²) in [5, 5.41) is 8.84. The van der Waals surface area contributed by atoms with E-state index in [0.717, 1.165) is 32.1 Å². The first-order valence-corrected chi connectivity index (χ1v) is 5.70. The summed E-state index contributed by atoms with van der Waals surface area (Å²) in [7, 11) is 0. The summed E-state index contributed by atoms with van der Waals surface area (Å²) in [6, 6.07) is 0.441. The third kappa shape index (κ3) is 3.66. The van der Waals surface area contributed by atoms with Crippen LogP contribution in [0.15, 0.2) is 0 Å². The number of aliphatic hydroxyl groups excluding tert-OH is 1. The molecule has 3 heteroatoms. The molecule has 0 saturated heterocycles. The number of unbranched alkanes of at least 4 members (excludes halogenated alkanes) is 2. The molecule has 0 aliphatic heterocycles. The minimum atomic E-state index is 0.0933. The summed E-state index contributed by atoms with van der Waals surface area (Å²) < 4.78 is 0. The van der Waals surface area contributed by atoms with E-state index in [4.69, 9.17) is 5.11 Å². The quantitative estimate of drug-likeness (QED) is 0.632. The average molecular weight is 199 g/mol. The molecule has 0 spiro atoms. The normalized spacial score (nSPS) is 15.6. The van der Waals surface area contributed by atoms with Gasteiger partial charge in [0.25, 0.3) is 0 Å². The fourth-order valence-electron chi connectivity index (χ4n) is 1.67. The van der Waals surface area contributed by atoms with Gasteiger partial charge in [-0.1, -0.05) is 19.8 Å². The molecule has 0 aromatic carbocycles. The number of hydrogen-bond donors (Lipinski definition) is 1. The molecule has 0 aromatic rings. The van der Waals surface area contributed by atoms with E-state index in [2.05, 4.69) is 6.92 Å². The Kier molecular flexibility index (Phi) is 4.94. The molecule has 0 radical (unpaired) electrons. The third-order valence-corrected chi connectivity index (χ3v) is 2.64. The second-order valence-electron chi connectivity index (χ2n) is 4.00. The Morgan fingerprint density at radius 2 is 2.14 bits per heavy atom. The maximum absolute atomic E-state index is 11.7. The van der Waals surface area contributed by atoms with E-state index in [-0.39, 0.29) is 12.5 Å². The van der Waals surface area contributed by atoms with Crippen molar-refractivity contribution >= 4 is 5.91 Å². The Hall–Kier alpha value is -0.570. The maximum atomic E-state index is 11.7. The zero-order valence-corrected chi connectivity index (χ0v) is 9.04. The van der Waals surface area contributed by atoms with Crippen LogP contribution in [0.25, 0.3) is 0 Å². The van der Waals surface area contributed by atoms with Crippen molar-refractivity contribution in [1.29, 1.82) is 0 Å². The molecule has 82 valence electrons. The highest BCUT2D eigenvalue weighted by Gasteiger charge is 2.31. The van der Waals surface area contributed by atoms with Crippen LogP contribution >= 0.6 is 0 Å². The van der Waals surface area contributed by atoms with Crippen LogP contribution in [-0.2, 0) is 4.79 Å². The monoisotopic (exact) mass is 199 g/mol. The van der Waals surface area contributed by atoms with Crippen molar-refractivity contribution < 1.29 is 9.90 Å². The fraction of sp³-hybridized carbons (Fsp3) is 0.909. The molecular formula is C11H21NO2. The molecule has 0 atom stereocenters. The summed E-state index contributed by atoms with van der Waals surface area (Å²) in [5.41, 5.74) is 0. The molecule has 1 saturated carbocycles. The summed E-state index contributed by atoms with van der Waals surface area (Å²) in [6.45, 7) is 2.75. The minimum absolute atomic E-state index is 0.0933. The molecule has 0 bridgehead atoms. The zero-order valence-electron chi connectivity index (χ0n) is 9.04. The van der Waals surface area contributed by atoms with Crippen molar-refractivity contribution in [1.82, 2.24) is 4.90 Å². The molecule has 1 rings (SSSR count). The van der Waals surface area contributed by atoms with Gasteiger partial charge in [0.2, 0.25) is 5.91 Å². The molecule has 1 N–H and O–H groups in total. The Labute approximate surface area is 86.1 Å². The van der Waals surface area contributed by atoms with Gasteiger partial charge in [0.05, 0.1) is 6.61 Å². The molecule has 14 heavy (non-hydrogen) atoms. The second-order valence-corrected chi connectivity index (χ2v) is 4.00. The highest BCUT2D eigenvalue weighted by atomic mass is 16.3. The van der Waals surface area contributed by atoms with Crippen molar-refractivity contribution in [3.05, 3.63) is 0 Å². The zero-order chi connectivity index (χ0) is 10.4. The van der Waals surface area contributed by atoms with Gasteiger partial charge in [-0.25, -0.2) is 0 Å². The maximum Gasteiger partial charge on any atom is 0.222 e. The lowest BCUT2D eigenvalue weighted by molar-refractivity contribution is -0.132. The van der Waals surface area contributed by atoms with E-state index < -0.39 is 0 Å². The number of carbonyl (C=O) groups is 1. The first-order valence-electron chi connectivity index (χ1n) is 5.70. The van der Waals surface area contributed by atoms with Crippen LogP contribution in [0, 0.1) is 0 Å². The molecule has 3 nitrogen and oxygen atoms in total. The molecule has 0 heterocycles. The van der Waals surface area contributed by atoms with E-state index >= 15 is 0 Å². The van der Waals surface area contributed by atoms with Crippen LogP contribution in [0.1, 0.15) is 45.4 Å². The molecular weight excluding hydrogens is 178 g/mol. The molecule has 1 fully saturated rings. The van der Waals surface area contributed by atoms with E-state index in [0.29, 0.717) is 19.0 Å². The van der Waals surface area contributed by atoms with E-state index in [1.165, 1.54) is 0 Å². The Morgan fingerprint density at radius 3 is 2.64 bits per heavy atom. The van der Waals surface area contributed by atoms with Crippen molar-refractivity contribution in [2.24, 2.45) is 0 Å². The third-order valence-electron chi connectivity index (χ3n) is 2.64. The van der Waals surface area contributed by atoms with Gasteiger partial charge in [0, 0.05) is 19.0 Å². The molecule has 0 unspecified atom stereocenters. The highest BCUT2D eigenvalue weighted by molar-refractivity contribution is 5.76. The summed E-state index contributed by atoms with van der Waals surface area (Å²) >= 11 is 0. The van der Waals surface area contributed by atoms with E-state index in [1.54, 1.807) is 0 Å². The van der Waals surface area contributed by atoms with Crippen LogP contribution < -0.4 is 0 Å². The number of amides is 1. The fourth-order valence-corrected chi connectivity index (χ4v) is 1.67. The molecule has 1 aliphatic rings. The molecule has 1 amide bonds. The number of aliphatic hydroxyl groups is 1. The lowest BCUT2D eigenvalue weighted by atomic mass is 10.2. The topological polar surface area (TPSA) is 40.5 Å². The lowest BCUT2D eigenvalue weighted by Crippen LogP contribution is -2.35. The smallest absolute Gasteiger partial charge is 0.222 e. The number of hydrogen-bond acceptors (Lipinski definition) is 2. The standard InChI is InChI=1S/C11H21NO2/c1-2-3-4-5-11(14)12(8-9-13)10-6-7-10/h10,13H,2-9H2,1H3. The van der Waals surface area contributed by atoms with Gasteiger partial charge >= 0.3 is 0 Å². The summed E-state index contributed by atoms with van der Waals surface area (Å²) in [6.07, 6.45) is 6.17. The van der Waals surface area contributed by atoms with Gasteiger partial charge in [0.1, 0.15) is 0 Å². The summed E-state index contributed by atoms with van der Waals surface area (Å²) in [5.74, 6) is 0.231. The van der Waals surface area contributed by atoms with Crippen molar-refractivity contribution in [2.75, 3.05) is 13.2 Å². The number of rotatable bonds is 7. The molecule has 0 aromatic heterocycles. The number of nitrogens with zero attached hydrogens (tertiary/aromatic N) is 1. The first kappa shape index (κ1) is 11.5. The Balaban J connectivity index is 2.23. The van der Waals surface area contributed by atoms with Gasteiger partial charge in [-0.05, 0) is 19.3 Å². The first-order chi connectivity index (χ1) is 6.79. The Bertz CT molecular complexity index is 178. The van der Waals surface area contributed by atoms with E-state index in [9.17, 15) is 4.79 Å². The van der Waals surface area contributed by atoms with Gasteiger partial charge in [-0.15, -0.1) is 0 Å².